The topological polar surface area (TPSA) is 76.5 Å². The van der Waals surface area contributed by atoms with E-state index in [2.05, 4.69) is 15.3 Å². The molecule has 2 aromatic rings. The molecule has 1 N–H and O–H groups in total. The Bertz CT molecular complexity index is 796. The van der Waals surface area contributed by atoms with E-state index < -0.39 is 0 Å². The van der Waals surface area contributed by atoms with Crippen LogP contribution >= 0.6 is 0 Å². The summed E-state index contributed by atoms with van der Waals surface area (Å²) in [4.78, 5) is 27.0. The van der Waals surface area contributed by atoms with Gasteiger partial charge in [0.2, 0.25) is 0 Å². The van der Waals surface area contributed by atoms with Gasteiger partial charge in [-0.1, -0.05) is 18.2 Å². The summed E-state index contributed by atoms with van der Waals surface area (Å²) in [7, 11) is 1.56. The maximum absolute atomic E-state index is 12.5. The van der Waals surface area contributed by atoms with E-state index in [0.717, 1.165) is 45.7 Å². The summed E-state index contributed by atoms with van der Waals surface area (Å²) in [5, 5.41) is 8.16. The lowest BCUT2D eigenvalue weighted by atomic mass is 10.1. The van der Waals surface area contributed by atoms with Gasteiger partial charge in [-0.2, -0.15) is 5.10 Å². The monoisotopic (exact) mass is 344 g/mol. The van der Waals surface area contributed by atoms with Crippen molar-refractivity contribution in [1.82, 2.24) is 20.0 Å². The molecular formula is C18H24N4O3. The minimum absolute atomic E-state index is 0.197. The molecule has 0 atom stereocenters. The molecule has 134 valence electrons. The highest BCUT2D eigenvalue weighted by Gasteiger charge is 2.15. The zero-order chi connectivity index (χ0) is 17.6. The number of nitrogens with one attached hydrogen (secondary N) is 1. The number of ether oxygens (including phenoxy) is 1. The summed E-state index contributed by atoms with van der Waals surface area (Å²) < 4.78 is 6.55. The average Bonchev–Trinajstić information content (AvgIpc) is 2.65. The van der Waals surface area contributed by atoms with Crippen molar-refractivity contribution >= 4 is 16.7 Å². The Morgan fingerprint density at radius 3 is 2.68 bits per heavy atom. The fourth-order valence-corrected chi connectivity index (χ4v) is 3.04. The molecule has 1 aromatic carbocycles. The second kappa shape index (κ2) is 8.22. The lowest BCUT2D eigenvalue weighted by Crippen LogP contribution is -2.37. The van der Waals surface area contributed by atoms with Crippen LogP contribution in [0.1, 0.15) is 23.3 Å². The van der Waals surface area contributed by atoms with Gasteiger partial charge in [0, 0.05) is 32.1 Å². The molecule has 1 aliphatic rings. The Kier molecular flexibility index (Phi) is 5.78. The first-order valence-corrected chi connectivity index (χ1v) is 8.71. The SMILES string of the molecule is Cn1nc(C(=O)NCCCCN2CCOCC2)c2ccccc2c1=O. The number of hydrogen-bond acceptors (Lipinski definition) is 5. The zero-order valence-corrected chi connectivity index (χ0v) is 14.5. The van der Waals surface area contributed by atoms with Crippen LogP contribution in [0.25, 0.3) is 10.8 Å². The smallest absolute Gasteiger partial charge is 0.274 e. The van der Waals surface area contributed by atoms with Crippen molar-refractivity contribution in [1.29, 1.82) is 0 Å². The van der Waals surface area contributed by atoms with Gasteiger partial charge < -0.3 is 10.1 Å². The number of aromatic nitrogens is 2. The molecule has 0 unspecified atom stereocenters. The summed E-state index contributed by atoms with van der Waals surface area (Å²) in [6.07, 6.45) is 1.94. The molecule has 0 aliphatic carbocycles. The van der Waals surface area contributed by atoms with E-state index >= 15 is 0 Å². The van der Waals surface area contributed by atoms with Crippen LogP contribution in [-0.4, -0.2) is 60.0 Å². The van der Waals surface area contributed by atoms with Crippen molar-refractivity contribution in [2.45, 2.75) is 12.8 Å². The number of hydrogen-bond donors (Lipinski definition) is 1. The van der Waals surface area contributed by atoms with Gasteiger partial charge in [-0.3, -0.25) is 14.5 Å². The number of unbranched alkanes of at least 4 members (excludes halogenated alkanes) is 1. The molecule has 7 nitrogen and oxygen atoms in total. The van der Waals surface area contributed by atoms with Crippen LogP contribution in [-0.2, 0) is 11.8 Å². The van der Waals surface area contributed by atoms with E-state index in [4.69, 9.17) is 4.74 Å². The molecule has 0 bridgehead atoms. The number of amides is 1. The van der Waals surface area contributed by atoms with Crippen molar-refractivity contribution < 1.29 is 9.53 Å². The molecule has 2 heterocycles. The minimum Gasteiger partial charge on any atom is -0.379 e. The van der Waals surface area contributed by atoms with Crippen LogP contribution < -0.4 is 10.9 Å². The Labute approximate surface area is 146 Å². The third-order valence-corrected chi connectivity index (χ3v) is 4.46. The third-order valence-electron chi connectivity index (χ3n) is 4.46. The number of carbonyl (C=O) groups excluding carboxylic acids is 1. The van der Waals surface area contributed by atoms with Crippen LogP contribution in [0.3, 0.4) is 0 Å². The van der Waals surface area contributed by atoms with Crippen molar-refractivity contribution in [3.63, 3.8) is 0 Å². The highest BCUT2D eigenvalue weighted by atomic mass is 16.5. The molecule has 1 aliphatic heterocycles. The largest absolute Gasteiger partial charge is 0.379 e. The highest BCUT2D eigenvalue weighted by molar-refractivity contribution is 6.04. The van der Waals surface area contributed by atoms with E-state index in [0.29, 0.717) is 23.0 Å². The average molecular weight is 344 g/mol. The number of aryl methyl sites for hydroxylation is 1. The molecular weight excluding hydrogens is 320 g/mol. The van der Waals surface area contributed by atoms with E-state index in [1.165, 1.54) is 4.68 Å². The highest BCUT2D eigenvalue weighted by Crippen LogP contribution is 2.12. The van der Waals surface area contributed by atoms with Gasteiger partial charge in [-0.15, -0.1) is 0 Å². The standard InChI is InChI=1S/C18H24N4O3/c1-21-18(24)15-7-3-2-6-14(15)16(20-21)17(23)19-8-4-5-9-22-10-12-25-13-11-22/h2-3,6-7H,4-5,8-13H2,1H3,(H,19,23). The molecule has 0 radical (unpaired) electrons. The predicted molar refractivity (Wildman–Crippen MR) is 95.8 cm³/mol. The number of rotatable bonds is 6. The molecule has 0 saturated carbocycles. The van der Waals surface area contributed by atoms with E-state index in [1.54, 1.807) is 25.2 Å². The number of morpholine rings is 1. The van der Waals surface area contributed by atoms with E-state index in [-0.39, 0.29) is 11.5 Å². The normalized spacial score (nSPS) is 15.4. The van der Waals surface area contributed by atoms with Crippen LogP contribution in [0.15, 0.2) is 29.1 Å². The summed E-state index contributed by atoms with van der Waals surface area (Å²) in [5.41, 5.74) is 0.101. The van der Waals surface area contributed by atoms with Crippen molar-refractivity contribution in [2.75, 3.05) is 39.4 Å². The number of benzene rings is 1. The Hall–Kier alpha value is -2.25. The van der Waals surface area contributed by atoms with Crippen LogP contribution in [0.5, 0.6) is 0 Å². The van der Waals surface area contributed by atoms with Crippen LogP contribution in [0, 0.1) is 0 Å². The van der Waals surface area contributed by atoms with Gasteiger partial charge in [-0.25, -0.2) is 4.68 Å². The molecule has 3 rings (SSSR count). The first-order chi connectivity index (χ1) is 12.2. The predicted octanol–water partition coefficient (Wildman–Crippen LogP) is 0.776. The van der Waals surface area contributed by atoms with Crippen molar-refractivity contribution in [2.24, 2.45) is 7.05 Å². The number of fused-ring (bicyclic) bond motifs is 1. The fourth-order valence-electron chi connectivity index (χ4n) is 3.04. The summed E-state index contributed by atoms with van der Waals surface area (Å²) in [6, 6.07) is 7.08. The lowest BCUT2D eigenvalue weighted by molar-refractivity contribution is 0.0372. The molecule has 25 heavy (non-hydrogen) atoms. The fraction of sp³-hybridized carbons (Fsp3) is 0.500. The van der Waals surface area contributed by atoms with E-state index in [1.807, 2.05) is 6.07 Å². The Morgan fingerprint density at radius 1 is 1.20 bits per heavy atom. The molecule has 1 fully saturated rings. The summed E-state index contributed by atoms with van der Waals surface area (Å²) >= 11 is 0. The molecule has 1 amide bonds. The first-order valence-electron chi connectivity index (χ1n) is 8.71. The van der Waals surface area contributed by atoms with Gasteiger partial charge in [0.15, 0.2) is 5.69 Å². The minimum atomic E-state index is -0.238. The summed E-state index contributed by atoms with van der Waals surface area (Å²) in [6.45, 7) is 5.22. The van der Waals surface area contributed by atoms with Gasteiger partial charge in [0.05, 0.1) is 18.6 Å². The van der Waals surface area contributed by atoms with Crippen molar-refractivity contribution in [3.8, 4) is 0 Å². The quantitative estimate of drug-likeness (QED) is 0.784. The zero-order valence-electron chi connectivity index (χ0n) is 14.5. The van der Waals surface area contributed by atoms with Crippen molar-refractivity contribution in [3.05, 3.63) is 40.3 Å². The van der Waals surface area contributed by atoms with Gasteiger partial charge in [0.1, 0.15) is 0 Å². The second-order valence-electron chi connectivity index (χ2n) is 6.24. The summed E-state index contributed by atoms with van der Waals surface area (Å²) in [5.74, 6) is -0.238. The van der Waals surface area contributed by atoms with Crippen LogP contribution in [0.4, 0.5) is 0 Å². The maximum atomic E-state index is 12.5. The molecule has 0 spiro atoms. The Morgan fingerprint density at radius 2 is 1.92 bits per heavy atom. The molecule has 1 aromatic heterocycles. The molecule has 1 saturated heterocycles. The van der Waals surface area contributed by atoms with E-state index in [9.17, 15) is 9.59 Å². The van der Waals surface area contributed by atoms with Gasteiger partial charge in [-0.05, 0) is 25.5 Å². The first kappa shape index (κ1) is 17.6. The lowest BCUT2D eigenvalue weighted by Gasteiger charge is -2.26. The van der Waals surface area contributed by atoms with Gasteiger partial charge >= 0.3 is 0 Å². The Balaban J connectivity index is 1.56. The maximum Gasteiger partial charge on any atom is 0.274 e. The second-order valence-corrected chi connectivity index (χ2v) is 6.24. The molecule has 7 heteroatoms. The number of carbonyl (C=O) groups is 1. The van der Waals surface area contributed by atoms with Gasteiger partial charge in [0.25, 0.3) is 11.5 Å². The number of nitrogens with zero attached hydrogens (tertiary/aromatic N) is 3. The third kappa shape index (κ3) is 4.24. The van der Waals surface area contributed by atoms with Crippen LogP contribution in [0.2, 0.25) is 0 Å².